The van der Waals surface area contributed by atoms with E-state index in [2.05, 4.69) is 5.32 Å². The Morgan fingerprint density at radius 1 is 1.21 bits per heavy atom. The molecule has 5 N–H and O–H groups in total. The van der Waals surface area contributed by atoms with E-state index in [9.17, 15) is 15.3 Å². The van der Waals surface area contributed by atoms with Crippen LogP contribution in [0, 0.1) is 0 Å². The molecule has 1 aromatic carbocycles. The smallest absolute Gasteiger partial charge is 0.157 e. The first-order chi connectivity index (χ1) is 9.02. The zero-order valence-corrected chi connectivity index (χ0v) is 10.7. The summed E-state index contributed by atoms with van der Waals surface area (Å²) in [7, 11) is 0. The highest BCUT2D eigenvalue weighted by molar-refractivity contribution is 6.30. The summed E-state index contributed by atoms with van der Waals surface area (Å²) in [6, 6.07) is 6.73. The Balaban J connectivity index is 2.03. The van der Waals surface area contributed by atoms with Gasteiger partial charge < -0.3 is 30.5 Å². The third-order valence-electron chi connectivity index (χ3n) is 3.02. The van der Waals surface area contributed by atoms with Gasteiger partial charge in [0.1, 0.15) is 24.4 Å². The minimum Gasteiger partial charge on any atom is -0.394 e. The monoisotopic (exact) mass is 289 g/mol. The Labute approximate surface area is 115 Å². The van der Waals surface area contributed by atoms with E-state index in [0.717, 1.165) is 0 Å². The van der Waals surface area contributed by atoms with Gasteiger partial charge in [-0.05, 0) is 24.3 Å². The zero-order valence-electron chi connectivity index (χ0n) is 9.98. The molecule has 0 unspecified atom stereocenters. The highest BCUT2D eigenvalue weighted by atomic mass is 35.5. The van der Waals surface area contributed by atoms with E-state index in [1.54, 1.807) is 24.3 Å². The van der Waals surface area contributed by atoms with Gasteiger partial charge in [0.2, 0.25) is 0 Å². The first kappa shape index (κ1) is 14.5. The lowest BCUT2D eigenvalue weighted by molar-refractivity contribution is -0.0774. The van der Waals surface area contributed by atoms with Crippen LogP contribution in [0.5, 0.6) is 0 Å². The lowest BCUT2D eigenvalue weighted by Gasteiger charge is -2.19. The van der Waals surface area contributed by atoms with Gasteiger partial charge in [-0.3, -0.25) is 0 Å². The van der Waals surface area contributed by atoms with E-state index in [4.69, 9.17) is 21.4 Å². The molecule has 0 spiro atoms. The molecule has 1 saturated heterocycles. The molecule has 0 aromatic heterocycles. The van der Waals surface area contributed by atoms with Crippen LogP contribution in [0.2, 0.25) is 5.02 Å². The van der Waals surface area contributed by atoms with Gasteiger partial charge in [0, 0.05) is 10.7 Å². The number of hydrogen-bond donors (Lipinski definition) is 5. The van der Waals surface area contributed by atoms with Crippen LogP contribution in [-0.2, 0) is 4.74 Å². The fraction of sp³-hybridized carbons (Fsp3) is 0.500. The Morgan fingerprint density at radius 2 is 1.84 bits per heavy atom. The van der Waals surface area contributed by atoms with E-state index in [0.29, 0.717) is 10.7 Å². The summed E-state index contributed by atoms with van der Waals surface area (Å²) in [5.41, 5.74) is 0.653. The predicted octanol–water partition coefficient (Wildman–Crippen LogP) is -0.448. The van der Waals surface area contributed by atoms with Crippen molar-refractivity contribution in [3.8, 4) is 0 Å². The van der Waals surface area contributed by atoms with E-state index >= 15 is 0 Å². The third kappa shape index (κ3) is 3.17. The predicted molar refractivity (Wildman–Crippen MR) is 68.8 cm³/mol. The average molecular weight is 290 g/mol. The molecular weight excluding hydrogens is 274 g/mol. The maximum atomic E-state index is 9.83. The first-order valence-electron chi connectivity index (χ1n) is 5.85. The third-order valence-corrected chi connectivity index (χ3v) is 3.27. The fourth-order valence-corrected chi connectivity index (χ4v) is 2.08. The van der Waals surface area contributed by atoms with E-state index in [-0.39, 0.29) is 0 Å². The molecule has 1 aliphatic heterocycles. The molecule has 1 fully saturated rings. The summed E-state index contributed by atoms with van der Waals surface area (Å²) < 4.78 is 5.32. The number of halogens is 1. The molecular formula is C12H16ClNO5. The topological polar surface area (TPSA) is 102 Å². The molecule has 0 saturated carbocycles. The summed E-state index contributed by atoms with van der Waals surface area (Å²) >= 11 is 5.75. The molecule has 0 radical (unpaired) electrons. The van der Waals surface area contributed by atoms with Crippen molar-refractivity contribution in [3.05, 3.63) is 29.3 Å². The van der Waals surface area contributed by atoms with Crippen molar-refractivity contribution in [1.82, 2.24) is 0 Å². The number of benzene rings is 1. The Kier molecular flexibility index (Phi) is 4.62. The van der Waals surface area contributed by atoms with Gasteiger partial charge in [0.05, 0.1) is 6.61 Å². The molecule has 0 aliphatic carbocycles. The van der Waals surface area contributed by atoms with Crippen molar-refractivity contribution in [2.75, 3.05) is 11.9 Å². The average Bonchev–Trinajstić information content (AvgIpc) is 2.69. The summed E-state index contributed by atoms with van der Waals surface area (Å²) in [5, 5.41) is 41.3. The van der Waals surface area contributed by atoms with Crippen molar-refractivity contribution < 1.29 is 25.2 Å². The van der Waals surface area contributed by atoms with Crippen LogP contribution in [0.4, 0.5) is 5.69 Å². The van der Waals surface area contributed by atoms with Crippen molar-refractivity contribution in [2.45, 2.75) is 30.6 Å². The second-order valence-electron chi connectivity index (χ2n) is 4.40. The molecule has 19 heavy (non-hydrogen) atoms. The van der Waals surface area contributed by atoms with Crippen LogP contribution in [0.25, 0.3) is 0 Å². The number of aliphatic hydroxyl groups is 4. The first-order valence-corrected chi connectivity index (χ1v) is 6.23. The molecule has 0 amide bonds. The van der Waals surface area contributed by atoms with Crippen LogP contribution < -0.4 is 5.32 Å². The maximum Gasteiger partial charge on any atom is 0.157 e. The van der Waals surface area contributed by atoms with Gasteiger partial charge in [0.15, 0.2) is 6.23 Å². The lowest BCUT2D eigenvalue weighted by Crippen LogP contribution is -2.40. The summed E-state index contributed by atoms with van der Waals surface area (Å²) in [5.74, 6) is 0. The minimum absolute atomic E-state index is 0.553. The van der Waals surface area contributed by atoms with Crippen LogP contribution in [0.3, 0.4) is 0 Å². The summed E-state index contributed by atoms with van der Waals surface area (Å²) in [6.07, 6.45) is -5.64. The summed E-state index contributed by atoms with van der Waals surface area (Å²) in [6.45, 7) is -0.553. The second-order valence-corrected chi connectivity index (χ2v) is 4.84. The molecule has 1 heterocycles. The van der Waals surface area contributed by atoms with Gasteiger partial charge in [-0.1, -0.05) is 11.6 Å². The van der Waals surface area contributed by atoms with Gasteiger partial charge in [0.25, 0.3) is 0 Å². The fourth-order valence-electron chi connectivity index (χ4n) is 1.96. The second kappa shape index (κ2) is 6.04. The molecule has 0 bridgehead atoms. The maximum absolute atomic E-state index is 9.83. The van der Waals surface area contributed by atoms with Gasteiger partial charge in [-0.25, -0.2) is 0 Å². The van der Waals surface area contributed by atoms with Crippen molar-refractivity contribution in [1.29, 1.82) is 0 Å². The normalized spacial score (nSPS) is 32.3. The largest absolute Gasteiger partial charge is 0.394 e. The zero-order chi connectivity index (χ0) is 14.0. The van der Waals surface area contributed by atoms with Crippen LogP contribution in [0.1, 0.15) is 0 Å². The highest BCUT2D eigenvalue weighted by Crippen LogP contribution is 2.25. The van der Waals surface area contributed by atoms with E-state index in [1.807, 2.05) is 0 Å². The standard InChI is InChI=1S/C12H16ClNO5/c13-6-1-3-7(4-2-6)14-12-10(18)9(17)11(19-12)8(16)5-15/h1-4,8-12,14-18H,5H2/t8-,9+,10-,11+,12-/m1/s1. The number of anilines is 1. The van der Waals surface area contributed by atoms with E-state index in [1.165, 1.54) is 0 Å². The SMILES string of the molecule is OC[C@@H](O)[C@@H]1O[C@@H](Nc2ccc(Cl)cc2)[C@H](O)[C@@H]1O. The van der Waals surface area contributed by atoms with Crippen LogP contribution in [0.15, 0.2) is 24.3 Å². The lowest BCUT2D eigenvalue weighted by atomic mass is 10.1. The van der Waals surface area contributed by atoms with Gasteiger partial charge >= 0.3 is 0 Å². The number of rotatable bonds is 4. The Hall–Kier alpha value is -0.890. The minimum atomic E-state index is -1.27. The molecule has 106 valence electrons. The van der Waals surface area contributed by atoms with Crippen LogP contribution >= 0.6 is 11.6 Å². The molecule has 1 aromatic rings. The Morgan fingerprint density at radius 3 is 2.42 bits per heavy atom. The molecule has 2 rings (SSSR count). The molecule has 6 nitrogen and oxygen atoms in total. The van der Waals surface area contributed by atoms with Crippen molar-refractivity contribution >= 4 is 17.3 Å². The molecule has 1 aliphatic rings. The van der Waals surface area contributed by atoms with E-state index < -0.39 is 37.3 Å². The van der Waals surface area contributed by atoms with Crippen LogP contribution in [-0.4, -0.2) is 57.7 Å². The number of nitrogens with one attached hydrogen (secondary N) is 1. The number of hydrogen-bond acceptors (Lipinski definition) is 6. The Bertz CT molecular complexity index is 415. The number of ether oxygens (including phenoxy) is 1. The highest BCUT2D eigenvalue weighted by Gasteiger charge is 2.45. The molecule has 5 atom stereocenters. The molecule has 7 heteroatoms. The number of aliphatic hydroxyl groups excluding tert-OH is 4. The van der Waals surface area contributed by atoms with Crippen molar-refractivity contribution in [3.63, 3.8) is 0 Å². The summed E-state index contributed by atoms with van der Waals surface area (Å²) in [4.78, 5) is 0. The quantitative estimate of drug-likeness (QED) is 0.515. The van der Waals surface area contributed by atoms with Gasteiger partial charge in [-0.15, -0.1) is 0 Å². The van der Waals surface area contributed by atoms with Crippen molar-refractivity contribution in [2.24, 2.45) is 0 Å². The van der Waals surface area contributed by atoms with Gasteiger partial charge in [-0.2, -0.15) is 0 Å².